The van der Waals surface area contributed by atoms with E-state index in [1.807, 2.05) is 75.5 Å². The van der Waals surface area contributed by atoms with E-state index in [1.165, 1.54) is 16.2 Å². The second-order valence-electron chi connectivity index (χ2n) is 13.3. The molecule has 3 atom stereocenters. The summed E-state index contributed by atoms with van der Waals surface area (Å²) < 4.78 is 18.1. The average molecular weight is 657 g/mol. The molecule has 0 radical (unpaired) electrons. The number of rotatable bonds is 9. The number of nitrogens with one attached hydrogen (secondary N) is 1. The van der Waals surface area contributed by atoms with Gasteiger partial charge in [0.1, 0.15) is 45.9 Å². The molecule has 6 rings (SSSR count). The van der Waals surface area contributed by atoms with Crippen LogP contribution in [0.25, 0.3) is 32.7 Å². The van der Waals surface area contributed by atoms with Gasteiger partial charge in [0.15, 0.2) is 5.58 Å². The summed E-state index contributed by atoms with van der Waals surface area (Å²) in [5, 5.41) is 6.81. The van der Waals surface area contributed by atoms with Crippen LogP contribution in [-0.4, -0.2) is 63.5 Å². The number of fused-ring (bicyclic) bond motifs is 2. The van der Waals surface area contributed by atoms with Gasteiger partial charge in [-0.25, -0.2) is 9.97 Å². The van der Waals surface area contributed by atoms with Crippen molar-refractivity contribution in [1.29, 1.82) is 0 Å². The zero-order valence-corrected chi connectivity index (χ0v) is 28.5. The van der Waals surface area contributed by atoms with E-state index in [0.717, 1.165) is 27.2 Å². The van der Waals surface area contributed by atoms with Gasteiger partial charge < -0.3 is 29.8 Å². The molecular formula is C35H40N6O5S. The van der Waals surface area contributed by atoms with Crippen molar-refractivity contribution in [3.63, 3.8) is 0 Å². The SMILES string of the molecule is COc1ccc2c(OC3C[C@@H](C(N)=O)N(C(=O)[C@@H](Nc4nc5ccccc5o4)C(C)(C)C)C3)cc(-c3nc(C(C)C)cs3)nc2c1C. The number of carbonyl (C=O) groups excluding carboxylic acids is 2. The van der Waals surface area contributed by atoms with Gasteiger partial charge >= 0.3 is 0 Å². The molecule has 3 aromatic heterocycles. The van der Waals surface area contributed by atoms with E-state index >= 15 is 0 Å². The Bertz CT molecular complexity index is 1930. The first-order chi connectivity index (χ1) is 22.3. The summed E-state index contributed by atoms with van der Waals surface area (Å²) in [6, 6.07) is 11.7. The Labute approximate surface area is 277 Å². The number of hydrogen-bond acceptors (Lipinski definition) is 10. The molecule has 3 N–H and O–H groups in total. The number of aromatic nitrogens is 3. The summed E-state index contributed by atoms with van der Waals surface area (Å²) in [4.78, 5) is 42.9. The third kappa shape index (κ3) is 6.34. The zero-order chi connectivity index (χ0) is 33.6. The molecule has 1 aliphatic heterocycles. The van der Waals surface area contributed by atoms with Gasteiger partial charge in [0.05, 0.1) is 24.9 Å². The first-order valence-corrected chi connectivity index (χ1v) is 16.5. The van der Waals surface area contributed by atoms with Gasteiger partial charge in [-0.05, 0) is 42.5 Å². The molecule has 0 spiro atoms. The van der Waals surface area contributed by atoms with Crippen LogP contribution in [0.5, 0.6) is 11.5 Å². The van der Waals surface area contributed by atoms with E-state index in [-0.39, 0.29) is 30.8 Å². The Kier molecular flexibility index (Phi) is 8.56. The number of para-hydroxylation sites is 2. The summed E-state index contributed by atoms with van der Waals surface area (Å²) in [5.74, 6) is 0.681. The zero-order valence-electron chi connectivity index (χ0n) is 27.7. The lowest BCUT2D eigenvalue weighted by Crippen LogP contribution is -2.53. The van der Waals surface area contributed by atoms with Crippen molar-refractivity contribution in [2.75, 3.05) is 19.0 Å². The monoisotopic (exact) mass is 656 g/mol. The minimum atomic E-state index is -0.857. The predicted molar refractivity (Wildman–Crippen MR) is 183 cm³/mol. The smallest absolute Gasteiger partial charge is 0.296 e. The number of amides is 2. The van der Waals surface area contributed by atoms with Crippen LogP contribution < -0.4 is 20.5 Å². The number of aryl methyl sites for hydroxylation is 1. The number of primary amides is 1. The highest BCUT2D eigenvalue weighted by molar-refractivity contribution is 7.13. The number of benzene rings is 2. The van der Waals surface area contributed by atoms with E-state index in [4.69, 9.17) is 29.6 Å². The highest BCUT2D eigenvalue weighted by atomic mass is 32.1. The number of nitrogens with zero attached hydrogens (tertiary/aromatic N) is 4. The van der Waals surface area contributed by atoms with E-state index in [9.17, 15) is 9.59 Å². The number of anilines is 1. The van der Waals surface area contributed by atoms with Crippen molar-refractivity contribution in [2.24, 2.45) is 11.1 Å². The van der Waals surface area contributed by atoms with Crippen molar-refractivity contribution in [3.8, 4) is 22.2 Å². The lowest BCUT2D eigenvalue weighted by atomic mass is 9.85. The minimum Gasteiger partial charge on any atom is -0.496 e. The van der Waals surface area contributed by atoms with Crippen LogP contribution in [0.15, 0.2) is 52.3 Å². The summed E-state index contributed by atoms with van der Waals surface area (Å²) in [6.45, 7) is 12.2. The van der Waals surface area contributed by atoms with Crippen LogP contribution in [-0.2, 0) is 9.59 Å². The quantitative estimate of drug-likeness (QED) is 0.187. The molecule has 0 saturated carbocycles. The molecule has 1 fully saturated rings. The molecule has 47 heavy (non-hydrogen) atoms. The van der Waals surface area contributed by atoms with Crippen molar-refractivity contribution >= 4 is 51.2 Å². The van der Waals surface area contributed by atoms with Crippen LogP contribution in [0.3, 0.4) is 0 Å². The third-order valence-electron chi connectivity index (χ3n) is 8.54. The number of hydrogen-bond donors (Lipinski definition) is 2. The molecule has 246 valence electrons. The third-order valence-corrected chi connectivity index (χ3v) is 9.42. The van der Waals surface area contributed by atoms with Crippen molar-refractivity contribution in [1.82, 2.24) is 19.9 Å². The van der Waals surface area contributed by atoms with Crippen LogP contribution in [0.4, 0.5) is 6.01 Å². The van der Waals surface area contributed by atoms with Crippen molar-refractivity contribution < 1.29 is 23.5 Å². The number of likely N-dealkylation sites (tertiary alicyclic amines) is 1. The highest BCUT2D eigenvalue weighted by Crippen LogP contribution is 2.38. The molecule has 1 aliphatic rings. The van der Waals surface area contributed by atoms with E-state index in [0.29, 0.717) is 28.3 Å². The van der Waals surface area contributed by atoms with Gasteiger partial charge in [-0.3, -0.25) is 9.59 Å². The lowest BCUT2D eigenvalue weighted by Gasteiger charge is -2.34. The van der Waals surface area contributed by atoms with Crippen LogP contribution in [0.2, 0.25) is 0 Å². The summed E-state index contributed by atoms with van der Waals surface area (Å²) in [7, 11) is 1.63. The maximum absolute atomic E-state index is 14.2. The average Bonchev–Trinajstić information content (AvgIpc) is 3.78. The summed E-state index contributed by atoms with van der Waals surface area (Å²) in [6.07, 6.45) is -0.270. The molecule has 4 heterocycles. The molecule has 2 amide bonds. The van der Waals surface area contributed by atoms with Crippen molar-refractivity contribution in [3.05, 3.63) is 59.1 Å². The molecule has 2 aromatic carbocycles. The minimum absolute atomic E-state index is 0.164. The van der Waals surface area contributed by atoms with E-state index < -0.39 is 29.5 Å². The molecule has 5 aromatic rings. The number of methoxy groups -OCH3 is 1. The predicted octanol–water partition coefficient (Wildman–Crippen LogP) is 6.30. The Hall–Kier alpha value is -4.71. The van der Waals surface area contributed by atoms with Gasteiger partial charge in [-0.1, -0.05) is 46.8 Å². The second kappa shape index (κ2) is 12.5. The Morgan fingerprint density at radius 3 is 2.53 bits per heavy atom. The van der Waals surface area contributed by atoms with Crippen LogP contribution in [0, 0.1) is 12.3 Å². The Balaban J connectivity index is 1.32. The number of ether oxygens (including phenoxy) is 2. The van der Waals surface area contributed by atoms with Gasteiger partial charge in [0.25, 0.3) is 6.01 Å². The number of carbonyl (C=O) groups is 2. The van der Waals surface area contributed by atoms with E-state index in [1.54, 1.807) is 7.11 Å². The number of pyridine rings is 1. The standard InChI is InChI=1S/C35H40N6O5S/c1-18(2)24-17-47-32(38-24)23-15-28(21-12-13-26(44-7)19(3)29(21)37-23)45-20-14-25(31(36)42)41(16-20)33(43)30(35(4,5)6)40-34-39-22-10-8-9-11-27(22)46-34/h8-13,15,17-18,20,25,30H,14,16H2,1-7H3,(H2,36,42)(H,39,40)/t20?,25-,30+/m0/s1. The molecule has 1 saturated heterocycles. The fourth-order valence-corrected chi connectivity index (χ4v) is 6.86. The maximum atomic E-state index is 14.2. The fourth-order valence-electron chi connectivity index (χ4n) is 5.92. The normalized spacial score (nSPS) is 17.4. The maximum Gasteiger partial charge on any atom is 0.296 e. The Morgan fingerprint density at radius 1 is 1.11 bits per heavy atom. The highest BCUT2D eigenvalue weighted by Gasteiger charge is 2.45. The fraction of sp³-hybridized carbons (Fsp3) is 0.400. The van der Waals surface area contributed by atoms with Gasteiger partial charge in [0, 0.05) is 28.8 Å². The Morgan fingerprint density at radius 2 is 1.87 bits per heavy atom. The first kappa shape index (κ1) is 32.2. The van der Waals surface area contributed by atoms with E-state index in [2.05, 4.69) is 24.1 Å². The molecule has 11 nitrogen and oxygen atoms in total. The number of nitrogens with two attached hydrogens (primary N) is 1. The molecule has 12 heteroatoms. The van der Waals surface area contributed by atoms with Gasteiger partial charge in [0.2, 0.25) is 11.8 Å². The molecule has 0 aliphatic carbocycles. The van der Waals surface area contributed by atoms with Gasteiger partial charge in [-0.15, -0.1) is 11.3 Å². The summed E-state index contributed by atoms with van der Waals surface area (Å²) >= 11 is 1.53. The number of oxazole rings is 1. The largest absolute Gasteiger partial charge is 0.496 e. The summed E-state index contributed by atoms with van der Waals surface area (Å²) in [5.41, 5.74) is 9.88. The molecule has 0 bridgehead atoms. The molecular weight excluding hydrogens is 616 g/mol. The second-order valence-corrected chi connectivity index (χ2v) is 14.2. The molecule has 1 unspecified atom stereocenters. The number of thiazole rings is 1. The first-order valence-electron chi connectivity index (χ1n) is 15.7. The topological polar surface area (TPSA) is 146 Å². The lowest BCUT2D eigenvalue weighted by molar-refractivity contribution is -0.139. The van der Waals surface area contributed by atoms with Crippen molar-refractivity contribution in [2.45, 2.75) is 72.1 Å². The van der Waals surface area contributed by atoms with Crippen LogP contribution >= 0.6 is 11.3 Å². The van der Waals surface area contributed by atoms with Gasteiger partial charge in [-0.2, -0.15) is 4.98 Å². The van der Waals surface area contributed by atoms with Crippen LogP contribution in [0.1, 0.15) is 58.2 Å².